The average molecular weight is 328 g/mol. The summed E-state index contributed by atoms with van der Waals surface area (Å²) in [4.78, 5) is 23.1. The van der Waals surface area contributed by atoms with Gasteiger partial charge in [-0.25, -0.2) is 14.4 Å². The molecule has 5 nitrogen and oxygen atoms in total. The first-order valence-electron chi connectivity index (χ1n) is 8.20. The minimum atomic E-state index is -0.499. The molecule has 6 heteroatoms. The van der Waals surface area contributed by atoms with Crippen molar-refractivity contribution in [3.8, 4) is 11.4 Å². The van der Waals surface area contributed by atoms with Crippen molar-refractivity contribution in [1.29, 1.82) is 0 Å². The van der Waals surface area contributed by atoms with Crippen molar-refractivity contribution in [3.63, 3.8) is 0 Å². The number of carbonyl (C=O) groups excluding carboxylic acids is 1. The van der Waals surface area contributed by atoms with Gasteiger partial charge >= 0.3 is 0 Å². The topological polar surface area (TPSA) is 72.1 Å². The smallest absolute Gasteiger partial charge is 0.255 e. The maximum absolute atomic E-state index is 14.4. The number of nitrogens with zero attached hydrogens (tertiary/aromatic N) is 3. The lowest BCUT2D eigenvalue weighted by Gasteiger charge is -2.39. The number of piperidine rings is 1. The Morgan fingerprint density at radius 3 is 2.79 bits per heavy atom. The summed E-state index contributed by atoms with van der Waals surface area (Å²) in [5, 5.41) is 0. The summed E-state index contributed by atoms with van der Waals surface area (Å²) in [6.07, 6.45) is 5.04. The fourth-order valence-corrected chi connectivity index (χ4v) is 3.37. The van der Waals surface area contributed by atoms with Crippen LogP contribution in [0.1, 0.15) is 30.1 Å². The van der Waals surface area contributed by atoms with Crippen LogP contribution in [0.15, 0.2) is 36.7 Å². The van der Waals surface area contributed by atoms with Crippen LogP contribution in [0.2, 0.25) is 0 Å². The van der Waals surface area contributed by atoms with Gasteiger partial charge in [-0.2, -0.15) is 0 Å². The Morgan fingerprint density at radius 1 is 1.33 bits per heavy atom. The van der Waals surface area contributed by atoms with Gasteiger partial charge in [-0.15, -0.1) is 0 Å². The molecule has 3 rings (SSSR count). The lowest BCUT2D eigenvalue weighted by Crippen LogP contribution is -2.51. The van der Waals surface area contributed by atoms with E-state index in [1.807, 2.05) is 0 Å². The molecule has 126 valence electrons. The van der Waals surface area contributed by atoms with E-state index in [2.05, 4.69) is 16.9 Å². The summed E-state index contributed by atoms with van der Waals surface area (Å²) in [7, 11) is 0. The molecule has 2 aromatic rings. The largest absolute Gasteiger partial charge is 0.334 e. The molecule has 1 fully saturated rings. The Balaban J connectivity index is 2.03. The van der Waals surface area contributed by atoms with Crippen molar-refractivity contribution in [2.24, 2.45) is 11.7 Å². The van der Waals surface area contributed by atoms with E-state index in [0.29, 0.717) is 19.0 Å². The molecule has 1 amide bonds. The number of nitrogens with two attached hydrogens (primary N) is 1. The maximum atomic E-state index is 14.4. The molecule has 1 saturated heterocycles. The Bertz CT molecular complexity index is 722. The summed E-state index contributed by atoms with van der Waals surface area (Å²) < 4.78 is 14.4. The number of hydrogen-bond donors (Lipinski definition) is 1. The Labute approximate surface area is 140 Å². The van der Waals surface area contributed by atoms with E-state index in [9.17, 15) is 9.18 Å². The highest BCUT2D eigenvalue weighted by atomic mass is 19.1. The van der Waals surface area contributed by atoms with Gasteiger partial charge in [0.05, 0.1) is 11.1 Å². The summed E-state index contributed by atoms with van der Waals surface area (Å²) in [6.45, 7) is 3.14. The molecule has 2 atom stereocenters. The monoisotopic (exact) mass is 328 g/mol. The molecule has 1 aliphatic heterocycles. The molecule has 0 spiro atoms. The van der Waals surface area contributed by atoms with Gasteiger partial charge in [0.2, 0.25) is 0 Å². The fraction of sp³-hybridized carbons (Fsp3) is 0.389. The third kappa shape index (κ3) is 3.01. The second-order valence-corrected chi connectivity index (χ2v) is 6.16. The van der Waals surface area contributed by atoms with Crippen LogP contribution in [0.25, 0.3) is 11.4 Å². The minimum Gasteiger partial charge on any atom is -0.334 e. The predicted octanol–water partition coefficient (Wildman–Crippen LogP) is 2.48. The number of carbonyl (C=O) groups is 1. The number of aromatic nitrogens is 2. The molecule has 2 heterocycles. The highest BCUT2D eigenvalue weighted by Crippen LogP contribution is 2.29. The molecule has 1 aromatic carbocycles. The van der Waals surface area contributed by atoms with E-state index in [-0.39, 0.29) is 28.9 Å². The highest BCUT2D eigenvalue weighted by molar-refractivity contribution is 6.00. The van der Waals surface area contributed by atoms with Crippen molar-refractivity contribution >= 4 is 5.91 Å². The predicted molar refractivity (Wildman–Crippen MR) is 89.7 cm³/mol. The van der Waals surface area contributed by atoms with Crippen LogP contribution in [0.3, 0.4) is 0 Å². The van der Waals surface area contributed by atoms with Gasteiger partial charge in [0, 0.05) is 31.5 Å². The molecule has 0 radical (unpaired) electrons. The lowest BCUT2D eigenvalue weighted by atomic mass is 9.90. The van der Waals surface area contributed by atoms with Gasteiger partial charge in [-0.3, -0.25) is 4.79 Å². The van der Waals surface area contributed by atoms with Gasteiger partial charge in [0.25, 0.3) is 5.91 Å². The van der Waals surface area contributed by atoms with Crippen LogP contribution < -0.4 is 5.73 Å². The third-order valence-corrected chi connectivity index (χ3v) is 4.65. The first-order chi connectivity index (χ1) is 11.6. The van der Waals surface area contributed by atoms with Gasteiger partial charge in [0.15, 0.2) is 5.82 Å². The summed E-state index contributed by atoms with van der Waals surface area (Å²) in [6, 6.07) is 6.12. The van der Waals surface area contributed by atoms with Crippen molar-refractivity contribution < 1.29 is 9.18 Å². The van der Waals surface area contributed by atoms with Crippen LogP contribution in [-0.4, -0.2) is 39.9 Å². The van der Waals surface area contributed by atoms with Crippen molar-refractivity contribution in [2.45, 2.75) is 25.8 Å². The van der Waals surface area contributed by atoms with Gasteiger partial charge < -0.3 is 10.6 Å². The number of rotatable bonds is 3. The highest BCUT2D eigenvalue weighted by Gasteiger charge is 2.33. The summed E-state index contributed by atoms with van der Waals surface area (Å²) in [5.74, 6) is -0.161. The molecule has 0 unspecified atom stereocenters. The minimum absolute atomic E-state index is 0.0286. The molecule has 0 aliphatic carbocycles. The number of likely N-dealkylation sites (tertiary alicyclic amines) is 1. The van der Waals surface area contributed by atoms with E-state index in [4.69, 9.17) is 5.73 Å². The molecular weight excluding hydrogens is 307 g/mol. The molecule has 1 aliphatic rings. The Kier molecular flexibility index (Phi) is 4.85. The second kappa shape index (κ2) is 7.05. The van der Waals surface area contributed by atoms with E-state index in [1.54, 1.807) is 23.1 Å². The average Bonchev–Trinajstić information content (AvgIpc) is 2.61. The summed E-state index contributed by atoms with van der Waals surface area (Å²) >= 11 is 0. The number of amides is 1. The van der Waals surface area contributed by atoms with Gasteiger partial charge in [0.1, 0.15) is 5.82 Å². The van der Waals surface area contributed by atoms with E-state index >= 15 is 0 Å². The Morgan fingerprint density at radius 2 is 2.08 bits per heavy atom. The van der Waals surface area contributed by atoms with Crippen LogP contribution in [0, 0.1) is 11.7 Å². The van der Waals surface area contributed by atoms with Crippen molar-refractivity contribution in [3.05, 3.63) is 48.0 Å². The van der Waals surface area contributed by atoms with Gasteiger partial charge in [-0.05, 0) is 37.0 Å². The van der Waals surface area contributed by atoms with Crippen LogP contribution >= 0.6 is 0 Å². The standard InChI is InChI=1S/C18H21FN4O/c1-12-5-3-10-23(15(12)11-20)18(24)13-6-2-7-14(19)16(13)17-21-8-4-9-22-17/h2,4,6-9,12,15H,3,5,10-11,20H2,1H3/t12-,15-/m1/s1. The molecule has 24 heavy (non-hydrogen) atoms. The number of benzene rings is 1. The fourth-order valence-electron chi connectivity index (χ4n) is 3.37. The Hall–Kier alpha value is -2.34. The van der Waals surface area contributed by atoms with Gasteiger partial charge in [-0.1, -0.05) is 13.0 Å². The molecule has 2 N–H and O–H groups in total. The molecule has 0 saturated carbocycles. The van der Waals surface area contributed by atoms with Crippen LogP contribution in [0.5, 0.6) is 0 Å². The quantitative estimate of drug-likeness (QED) is 0.939. The van der Waals surface area contributed by atoms with E-state index < -0.39 is 5.82 Å². The zero-order valence-electron chi connectivity index (χ0n) is 13.7. The van der Waals surface area contributed by atoms with Crippen molar-refractivity contribution in [2.75, 3.05) is 13.1 Å². The molecule has 1 aromatic heterocycles. The first-order valence-corrected chi connectivity index (χ1v) is 8.20. The number of hydrogen-bond acceptors (Lipinski definition) is 4. The summed E-state index contributed by atoms with van der Waals surface area (Å²) in [5.41, 5.74) is 6.32. The number of halogens is 1. The van der Waals surface area contributed by atoms with Crippen molar-refractivity contribution in [1.82, 2.24) is 14.9 Å². The van der Waals surface area contributed by atoms with Crippen LogP contribution in [-0.2, 0) is 0 Å². The van der Waals surface area contributed by atoms with E-state index in [0.717, 1.165) is 12.8 Å². The molecule has 0 bridgehead atoms. The normalized spacial score (nSPS) is 20.9. The zero-order chi connectivity index (χ0) is 17.1. The SMILES string of the molecule is C[C@@H]1CCCN(C(=O)c2cccc(F)c2-c2ncccn2)[C@@H]1CN. The zero-order valence-corrected chi connectivity index (χ0v) is 13.7. The van der Waals surface area contributed by atoms with E-state index in [1.165, 1.54) is 18.5 Å². The lowest BCUT2D eigenvalue weighted by molar-refractivity contribution is 0.0533. The maximum Gasteiger partial charge on any atom is 0.255 e. The second-order valence-electron chi connectivity index (χ2n) is 6.16. The first kappa shape index (κ1) is 16.5. The molecular formula is C18H21FN4O. The third-order valence-electron chi connectivity index (χ3n) is 4.65. The van der Waals surface area contributed by atoms with Crippen LogP contribution in [0.4, 0.5) is 4.39 Å².